The summed E-state index contributed by atoms with van der Waals surface area (Å²) in [5.41, 5.74) is 0. The lowest BCUT2D eigenvalue weighted by Crippen LogP contribution is -2.45. The van der Waals surface area contributed by atoms with Gasteiger partial charge >= 0.3 is 0 Å². The van der Waals surface area contributed by atoms with E-state index >= 15 is 0 Å². The maximum atomic E-state index is 12.9. The minimum Gasteiger partial charge on any atom is -0.756 e. The van der Waals surface area contributed by atoms with E-state index in [1.165, 1.54) is 167 Å². The third-order valence-electron chi connectivity index (χ3n) is 10.9. The first-order chi connectivity index (χ1) is 27.5. The minimum absolute atomic E-state index is 0.00410. The van der Waals surface area contributed by atoms with Crippen molar-refractivity contribution >= 4 is 13.7 Å². The molecule has 0 rings (SSSR count). The zero-order valence-corrected chi connectivity index (χ0v) is 39.2. The molecule has 0 fully saturated rings. The first kappa shape index (κ1) is 56.0. The second-order valence-electron chi connectivity index (χ2n) is 17.8. The molecular weight excluding hydrogens is 732 g/mol. The minimum atomic E-state index is -4.59. The Balaban J connectivity index is 4.39. The Morgan fingerprint density at radius 3 is 1.42 bits per heavy atom. The molecule has 0 bridgehead atoms. The number of aliphatic hydroxyl groups excluding tert-OH is 1. The second-order valence-corrected chi connectivity index (χ2v) is 19.2. The number of amides is 1. The maximum Gasteiger partial charge on any atom is 0.268 e. The van der Waals surface area contributed by atoms with Crippen LogP contribution in [0.25, 0.3) is 0 Å². The Hall–Kier alpha value is -1.02. The van der Waals surface area contributed by atoms with Gasteiger partial charge in [-0.05, 0) is 32.1 Å². The summed E-state index contributed by atoms with van der Waals surface area (Å²) in [5, 5.41) is 13.8. The van der Waals surface area contributed by atoms with Crippen LogP contribution in [0.5, 0.6) is 0 Å². The van der Waals surface area contributed by atoms with Gasteiger partial charge in [0.1, 0.15) is 13.2 Å². The SMILES string of the molecule is CCCCCCCCCCCCCCCC/C=C/CC/C=C/C(O)C(COP(=O)([O-])OCC[N+](C)(C)C)NC(=O)CCCCCCCCCCCCCCCCC. The first-order valence-electron chi connectivity index (χ1n) is 24.2. The van der Waals surface area contributed by atoms with Gasteiger partial charge in [0.2, 0.25) is 5.91 Å². The highest BCUT2D eigenvalue weighted by atomic mass is 31.2. The molecule has 338 valence electrons. The molecule has 3 atom stereocenters. The molecule has 9 heteroatoms. The number of unbranched alkanes of at least 4 members (excludes halogenated alkanes) is 29. The monoisotopic (exact) mass is 827 g/mol. The van der Waals surface area contributed by atoms with Gasteiger partial charge in [-0.2, -0.15) is 0 Å². The maximum absolute atomic E-state index is 12.9. The molecule has 8 nitrogen and oxygen atoms in total. The van der Waals surface area contributed by atoms with Crippen LogP contribution >= 0.6 is 7.82 Å². The molecule has 2 N–H and O–H groups in total. The second kappa shape index (κ2) is 40.4. The average Bonchev–Trinajstić information content (AvgIpc) is 3.16. The number of aliphatic hydroxyl groups is 1. The Bertz CT molecular complexity index is 984. The average molecular weight is 827 g/mol. The smallest absolute Gasteiger partial charge is 0.268 e. The number of hydrogen-bond donors (Lipinski definition) is 2. The number of hydrogen-bond acceptors (Lipinski definition) is 6. The number of carbonyl (C=O) groups is 1. The Morgan fingerprint density at radius 2 is 0.982 bits per heavy atom. The molecule has 0 aromatic heterocycles. The van der Waals surface area contributed by atoms with Crippen molar-refractivity contribution in [3.63, 3.8) is 0 Å². The highest BCUT2D eigenvalue weighted by Crippen LogP contribution is 2.38. The quantitative estimate of drug-likeness (QED) is 0.0274. The summed E-state index contributed by atoms with van der Waals surface area (Å²) in [7, 11) is 1.25. The van der Waals surface area contributed by atoms with Crippen LogP contribution in [0.2, 0.25) is 0 Å². The highest BCUT2D eigenvalue weighted by molar-refractivity contribution is 7.45. The molecular formula is C48H95N2O6P. The zero-order chi connectivity index (χ0) is 42.1. The van der Waals surface area contributed by atoms with Crippen molar-refractivity contribution in [2.45, 2.75) is 238 Å². The lowest BCUT2D eigenvalue weighted by atomic mass is 10.0. The van der Waals surface area contributed by atoms with Crippen LogP contribution in [0.1, 0.15) is 226 Å². The van der Waals surface area contributed by atoms with Gasteiger partial charge in [-0.25, -0.2) is 0 Å². The standard InChI is InChI=1S/C48H95N2O6P/c1-6-8-10-12-14-16-18-20-22-23-24-25-26-28-29-31-33-35-37-39-41-47(51)46(45-56-57(53,54)55-44-43-50(3,4)5)49-48(52)42-40-38-36-34-32-30-27-21-19-17-15-13-11-9-7-2/h31,33,39,41,46-47,51H,6-30,32,34-38,40,42-45H2,1-5H3,(H-,49,52,53,54)/b33-31+,41-39+. The van der Waals surface area contributed by atoms with Gasteiger partial charge in [0, 0.05) is 6.42 Å². The molecule has 1 amide bonds. The molecule has 0 heterocycles. The summed E-state index contributed by atoms with van der Waals surface area (Å²) in [5.74, 6) is -0.205. The molecule has 0 aromatic carbocycles. The predicted molar refractivity (Wildman–Crippen MR) is 242 cm³/mol. The molecule has 0 aliphatic heterocycles. The summed E-state index contributed by atoms with van der Waals surface area (Å²) in [6.07, 6.45) is 48.0. The van der Waals surface area contributed by atoms with Gasteiger partial charge in [-0.15, -0.1) is 0 Å². The van der Waals surface area contributed by atoms with Crippen molar-refractivity contribution in [2.24, 2.45) is 0 Å². The van der Waals surface area contributed by atoms with Crippen molar-refractivity contribution in [3.8, 4) is 0 Å². The number of carbonyl (C=O) groups excluding carboxylic acids is 1. The molecule has 0 radical (unpaired) electrons. The summed E-state index contributed by atoms with van der Waals surface area (Å²) in [6.45, 7) is 4.64. The molecule has 0 aliphatic rings. The van der Waals surface area contributed by atoms with E-state index in [0.29, 0.717) is 17.4 Å². The number of phosphoric ester groups is 1. The van der Waals surface area contributed by atoms with Gasteiger partial charge in [0.05, 0.1) is 39.9 Å². The summed E-state index contributed by atoms with van der Waals surface area (Å²) >= 11 is 0. The van der Waals surface area contributed by atoms with Crippen LogP contribution in [-0.4, -0.2) is 68.5 Å². The lowest BCUT2D eigenvalue weighted by Gasteiger charge is -2.29. The van der Waals surface area contributed by atoms with Crippen molar-refractivity contribution in [2.75, 3.05) is 40.9 Å². The van der Waals surface area contributed by atoms with E-state index in [1.807, 2.05) is 27.2 Å². The van der Waals surface area contributed by atoms with Gasteiger partial charge in [0.15, 0.2) is 0 Å². The predicted octanol–water partition coefficient (Wildman–Crippen LogP) is 13.1. The fourth-order valence-electron chi connectivity index (χ4n) is 7.05. The van der Waals surface area contributed by atoms with Crippen LogP contribution < -0.4 is 10.2 Å². The van der Waals surface area contributed by atoms with E-state index in [1.54, 1.807) is 6.08 Å². The fourth-order valence-corrected chi connectivity index (χ4v) is 7.77. The number of rotatable bonds is 44. The lowest BCUT2D eigenvalue weighted by molar-refractivity contribution is -0.870. The number of phosphoric acid groups is 1. The Kier molecular flexibility index (Phi) is 39.7. The molecule has 0 saturated carbocycles. The van der Waals surface area contributed by atoms with Crippen LogP contribution in [0, 0.1) is 0 Å². The van der Waals surface area contributed by atoms with Crippen LogP contribution in [-0.2, 0) is 18.4 Å². The molecule has 57 heavy (non-hydrogen) atoms. The topological polar surface area (TPSA) is 108 Å². The number of nitrogens with zero attached hydrogens (tertiary/aromatic N) is 1. The Morgan fingerprint density at radius 1 is 0.596 bits per heavy atom. The molecule has 3 unspecified atom stereocenters. The van der Waals surface area contributed by atoms with E-state index < -0.39 is 20.0 Å². The fraction of sp³-hybridized carbons (Fsp3) is 0.896. The number of allylic oxidation sites excluding steroid dienone is 3. The third-order valence-corrected chi connectivity index (χ3v) is 11.9. The normalized spacial score (nSPS) is 14.4. The van der Waals surface area contributed by atoms with E-state index in [4.69, 9.17) is 9.05 Å². The zero-order valence-electron chi connectivity index (χ0n) is 38.3. The molecule has 0 spiro atoms. The van der Waals surface area contributed by atoms with E-state index in [0.717, 1.165) is 38.5 Å². The van der Waals surface area contributed by atoms with E-state index in [2.05, 4.69) is 31.3 Å². The van der Waals surface area contributed by atoms with E-state index in [9.17, 15) is 19.4 Å². The van der Waals surface area contributed by atoms with Gasteiger partial charge in [-0.1, -0.05) is 212 Å². The summed E-state index contributed by atoms with van der Waals surface area (Å²) in [4.78, 5) is 25.3. The van der Waals surface area contributed by atoms with Gasteiger partial charge in [0.25, 0.3) is 7.82 Å². The van der Waals surface area contributed by atoms with Crippen LogP contribution in [0.4, 0.5) is 0 Å². The number of likely N-dealkylation sites (N-methyl/N-ethyl adjacent to an activating group) is 1. The first-order valence-corrected chi connectivity index (χ1v) is 25.7. The summed E-state index contributed by atoms with van der Waals surface area (Å²) < 4.78 is 23.2. The highest BCUT2D eigenvalue weighted by Gasteiger charge is 2.23. The summed E-state index contributed by atoms with van der Waals surface area (Å²) in [6, 6.07) is -0.898. The largest absolute Gasteiger partial charge is 0.756 e. The van der Waals surface area contributed by atoms with Crippen molar-refractivity contribution in [1.29, 1.82) is 0 Å². The van der Waals surface area contributed by atoms with Crippen molar-refractivity contribution in [1.82, 2.24) is 5.32 Å². The van der Waals surface area contributed by atoms with Crippen molar-refractivity contribution in [3.05, 3.63) is 24.3 Å². The molecule has 0 saturated heterocycles. The number of quaternary nitrogens is 1. The molecule has 0 aromatic rings. The third kappa shape index (κ3) is 42.9. The van der Waals surface area contributed by atoms with E-state index in [-0.39, 0.29) is 19.1 Å². The van der Waals surface area contributed by atoms with Crippen LogP contribution in [0.15, 0.2) is 24.3 Å². The van der Waals surface area contributed by atoms with Crippen molar-refractivity contribution < 1.29 is 32.9 Å². The molecule has 0 aliphatic carbocycles. The van der Waals surface area contributed by atoms with Crippen LogP contribution in [0.3, 0.4) is 0 Å². The Labute approximate surface area is 354 Å². The van der Waals surface area contributed by atoms with Gasteiger partial charge in [-0.3, -0.25) is 9.36 Å². The van der Waals surface area contributed by atoms with Gasteiger partial charge < -0.3 is 28.8 Å². The number of nitrogens with one attached hydrogen (secondary N) is 1.